The van der Waals surface area contributed by atoms with E-state index in [0.717, 1.165) is 6.08 Å². The summed E-state index contributed by atoms with van der Waals surface area (Å²) in [5.41, 5.74) is 5.90. The Labute approximate surface area is 127 Å². The number of hydrogen-bond donors (Lipinski definition) is 1. The van der Waals surface area contributed by atoms with Gasteiger partial charge in [0.1, 0.15) is 11.6 Å². The molecule has 0 aliphatic carbocycles. The Bertz CT molecular complexity index is 653. The first-order valence-electron chi connectivity index (χ1n) is 5.94. The Balaban J connectivity index is 2.60. The van der Waals surface area contributed by atoms with Gasteiger partial charge in [-0.05, 0) is 24.6 Å². The maximum Gasteiger partial charge on any atom is 0.331 e. The van der Waals surface area contributed by atoms with Crippen molar-refractivity contribution >= 4 is 29.4 Å². The van der Waals surface area contributed by atoms with Gasteiger partial charge < -0.3 is 10.5 Å². The summed E-state index contributed by atoms with van der Waals surface area (Å²) in [5, 5.41) is 9.23. The first kappa shape index (κ1) is 16.5. The maximum absolute atomic E-state index is 11.6. The number of hydrogen-bond acceptors (Lipinski definition) is 5. The van der Waals surface area contributed by atoms with Crippen molar-refractivity contribution in [3.05, 3.63) is 52.2 Å². The van der Waals surface area contributed by atoms with E-state index in [1.165, 1.54) is 13.0 Å². The number of nitrogens with two attached hydrogens (primary N) is 1. The van der Waals surface area contributed by atoms with E-state index < -0.39 is 18.4 Å². The average molecular weight is 305 g/mol. The summed E-state index contributed by atoms with van der Waals surface area (Å²) in [4.78, 5) is 23.0. The summed E-state index contributed by atoms with van der Waals surface area (Å²) >= 11 is 5.92. The third kappa shape index (κ3) is 5.13. The van der Waals surface area contributed by atoms with Crippen LogP contribution in [0.4, 0.5) is 0 Å². The Morgan fingerprint density at radius 2 is 2.10 bits per heavy atom. The van der Waals surface area contributed by atoms with E-state index in [4.69, 9.17) is 27.3 Å². The van der Waals surface area contributed by atoms with Crippen LogP contribution in [0.1, 0.15) is 12.5 Å². The van der Waals surface area contributed by atoms with Crippen LogP contribution in [-0.4, -0.2) is 18.4 Å². The van der Waals surface area contributed by atoms with Gasteiger partial charge in [0.2, 0.25) is 5.78 Å². The van der Waals surface area contributed by atoms with Crippen molar-refractivity contribution in [1.82, 2.24) is 0 Å². The van der Waals surface area contributed by atoms with Gasteiger partial charge in [0.25, 0.3) is 0 Å². The third-order valence-electron chi connectivity index (χ3n) is 2.43. The molecule has 1 aromatic carbocycles. The molecular weight excluding hydrogens is 292 g/mol. The Kier molecular flexibility index (Phi) is 6.18. The number of carbonyl (C=O) groups is 2. The monoisotopic (exact) mass is 304 g/mol. The van der Waals surface area contributed by atoms with Crippen LogP contribution < -0.4 is 5.73 Å². The van der Waals surface area contributed by atoms with Crippen LogP contribution in [0, 0.1) is 11.3 Å². The molecular formula is C15H13ClN2O3. The molecule has 1 aromatic rings. The van der Waals surface area contributed by atoms with E-state index in [-0.39, 0.29) is 11.3 Å². The number of benzene rings is 1. The molecule has 5 nitrogen and oxygen atoms in total. The molecule has 0 saturated heterocycles. The van der Waals surface area contributed by atoms with Gasteiger partial charge in [-0.1, -0.05) is 29.8 Å². The number of carbonyl (C=O) groups excluding carboxylic acids is 2. The summed E-state index contributed by atoms with van der Waals surface area (Å²) in [6.45, 7) is 0.888. The highest BCUT2D eigenvalue weighted by Gasteiger charge is 2.13. The van der Waals surface area contributed by atoms with E-state index in [2.05, 4.69) is 0 Å². The minimum atomic E-state index is -0.713. The van der Waals surface area contributed by atoms with Gasteiger partial charge in [0.15, 0.2) is 6.61 Å². The maximum atomic E-state index is 11.6. The van der Waals surface area contributed by atoms with Gasteiger partial charge in [-0.3, -0.25) is 4.79 Å². The zero-order chi connectivity index (χ0) is 15.8. The van der Waals surface area contributed by atoms with Gasteiger partial charge in [-0.25, -0.2) is 4.79 Å². The van der Waals surface area contributed by atoms with Crippen LogP contribution in [0.25, 0.3) is 6.08 Å². The van der Waals surface area contributed by atoms with Crippen molar-refractivity contribution in [3.8, 4) is 6.07 Å². The Morgan fingerprint density at radius 3 is 2.67 bits per heavy atom. The predicted molar refractivity (Wildman–Crippen MR) is 79.0 cm³/mol. The van der Waals surface area contributed by atoms with E-state index in [1.807, 2.05) is 0 Å². The second kappa shape index (κ2) is 7.88. The van der Waals surface area contributed by atoms with Crippen molar-refractivity contribution in [2.24, 2.45) is 5.73 Å². The number of nitrogens with zero attached hydrogens (tertiary/aromatic N) is 1. The molecule has 1 rings (SSSR count). The molecule has 108 valence electrons. The Hall–Kier alpha value is -2.58. The standard InChI is InChI=1S/C15H13ClN2O3/c1-10(18)12(8-17)14(19)9-21-15(20)7-6-11-4-2-3-5-13(11)16/h2-7H,9,18H2,1H3/b7-6+,12-10-. The van der Waals surface area contributed by atoms with Crippen LogP contribution >= 0.6 is 11.6 Å². The largest absolute Gasteiger partial charge is 0.454 e. The number of halogens is 1. The number of allylic oxidation sites excluding steroid dienone is 1. The smallest absolute Gasteiger partial charge is 0.331 e. The fraction of sp³-hybridized carbons (Fsp3) is 0.133. The van der Waals surface area contributed by atoms with E-state index in [0.29, 0.717) is 10.6 Å². The molecule has 0 aliphatic rings. The van der Waals surface area contributed by atoms with Crippen LogP contribution in [0.5, 0.6) is 0 Å². The minimum Gasteiger partial charge on any atom is -0.454 e. The molecule has 0 fully saturated rings. The highest BCUT2D eigenvalue weighted by Crippen LogP contribution is 2.16. The second-order valence-electron chi connectivity index (χ2n) is 4.06. The molecule has 0 aromatic heterocycles. The molecule has 0 amide bonds. The number of ether oxygens (including phenoxy) is 1. The lowest BCUT2D eigenvalue weighted by molar-refractivity contribution is -0.141. The number of rotatable bonds is 5. The number of esters is 1. The van der Waals surface area contributed by atoms with Crippen molar-refractivity contribution < 1.29 is 14.3 Å². The average Bonchev–Trinajstić information content (AvgIpc) is 2.44. The summed E-state index contributed by atoms with van der Waals surface area (Å²) in [6, 6.07) is 8.62. The van der Waals surface area contributed by atoms with Gasteiger partial charge >= 0.3 is 5.97 Å². The van der Waals surface area contributed by atoms with Crippen molar-refractivity contribution in [3.63, 3.8) is 0 Å². The van der Waals surface area contributed by atoms with Crippen molar-refractivity contribution in [2.45, 2.75) is 6.92 Å². The molecule has 0 unspecified atom stereocenters. The number of ketones is 1. The van der Waals surface area contributed by atoms with Crippen molar-refractivity contribution in [2.75, 3.05) is 6.61 Å². The molecule has 6 heteroatoms. The van der Waals surface area contributed by atoms with Crippen molar-refractivity contribution in [1.29, 1.82) is 5.26 Å². The fourth-order valence-corrected chi connectivity index (χ4v) is 1.59. The lowest BCUT2D eigenvalue weighted by Gasteiger charge is -2.02. The van der Waals surface area contributed by atoms with E-state index in [9.17, 15) is 9.59 Å². The second-order valence-corrected chi connectivity index (χ2v) is 4.46. The highest BCUT2D eigenvalue weighted by atomic mass is 35.5. The fourth-order valence-electron chi connectivity index (χ4n) is 1.40. The van der Waals surface area contributed by atoms with Gasteiger partial charge in [-0.2, -0.15) is 5.26 Å². The summed E-state index contributed by atoms with van der Waals surface area (Å²) in [6.07, 6.45) is 2.63. The molecule has 0 radical (unpaired) electrons. The summed E-state index contributed by atoms with van der Waals surface area (Å²) < 4.78 is 4.74. The van der Waals surface area contributed by atoms with Crippen LogP contribution in [0.15, 0.2) is 41.6 Å². The van der Waals surface area contributed by atoms with Crippen LogP contribution in [0.3, 0.4) is 0 Å². The molecule has 0 aliphatic heterocycles. The summed E-state index contributed by atoms with van der Waals surface area (Å²) in [5.74, 6) is -1.35. The molecule has 21 heavy (non-hydrogen) atoms. The van der Waals surface area contributed by atoms with Crippen LogP contribution in [0.2, 0.25) is 5.02 Å². The van der Waals surface area contributed by atoms with E-state index >= 15 is 0 Å². The zero-order valence-corrected chi connectivity index (χ0v) is 12.1. The topological polar surface area (TPSA) is 93.2 Å². The molecule has 0 heterocycles. The SMILES string of the molecule is C/C(N)=C(\C#N)C(=O)COC(=O)/C=C/c1ccccc1Cl. The molecule has 0 spiro atoms. The highest BCUT2D eigenvalue weighted by molar-refractivity contribution is 6.32. The van der Waals surface area contributed by atoms with Gasteiger partial charge in [0, 0.05) is 16.8 Å². The Morgan fingerprint density at radius 1 is 1.43 bits per heavy atom. The minimum absolute atomic E-state index is 0.0881. The third-order valence-corrected chi connectivity index (χ3v) is 2.78. The zero-order valence-electron chi connectivity index (χ0n) is 11.3. The molecule has 2 N–H and O–H groups in total. The first-order chi connectivity index (χ1) is 9.95. The molecule has 0 bridgehead atoms. The molecule has 0 atom stereocenters. The van der Waals surface area contributed by atoms with Gasteiger partial charge in [-0.15, -0.1) is 0 Å². The van der Waals surface area contributed by atoms with Gasteiger partial charge in [0.05, 0.1) is 0 Å². The quantitative estimate of drug-likeness (QED) is 0.511. The number of nitriles is 1. The normalized spacial score (nSPS) is 11.7. The first-order valence-corrected chi connectivity index (χ1v) is 6.32. The van der Waals surface area contributed by atoms with E-state index in [1.54, 1.807) is 30.3 Å². The predicted octanol–water partition coefficient (Wildman–Crippen LogP) is 2.22. The number of Topliss-reactive ketones (excluding diaryl/α,β-unsaturated/α-hetero) is 1. The lowest BCUT2D eigenvalue weighted by Crippen LogP contribution is -2.16. The summed E-state index contributed by atoms with van der Waals surface area (Å²) in [7, 11) is 0. The lowest BCUT2D eigenvalue weighted by atomic mass is 10.1. The van der Waals surface area contributed by atoms with Crippen LogP contribution in [-0.2, 0) is 14.3 Å². The molecule has 0 saturated carbocycles.